The minimum absolute atomic E-state index is 0.0569. The molecule has 0 spiro atoms. The first-order valence-corrected chi connectivity index (χ1v) is 6.35. The zero-order chi connectivity index (χ0) is 14.3. The molecule has 1 aromatic carbocycles. The molecule has 1 aromatic rings. The Kier molecular flexibility index (Phi) is 5.79. The molecule has 0 aliphatic rings. The number of nitrogens with two attached hydrogens (primary N) is 1. The largest absolute Gasteiger partial charge is 0.370 e. The molecule has 4 heteroatoms. The van der Waals surface area contributed by atoms with Crippen LogP contribution in [0.1, 0.15) is 29.5 Å². The van der Waals surface area contributed by atoms with Crippen molar-refractivity contribution in [1.29, 1.82) is 5.41 Å². The van der Waals surface area contributed by atoms with Crippen molar-refractivity contribution in [3.05, 3.63) is 41.0 Å². The molecule has 4 nitrogen and oxygen atoms in total. The SMILES string of the molecule is Cc1cccc(C)c1C=CC(=O)CCCNC(=N)N. The predicted molar refractivity (Wildman–Crippen MR) is 79.1 cm³/mol. The molecular weight excluding hydrogens is 238 g/mol. The van der Waals surface area contributed by atoms with Crippen molar-refractivity contribution in [3.8, 4) is 0 Å². The van der Waals surface area contributed by atoms with E-state index in [-0.39, 0.29) is 11.7 Å². The molecule has 0 saturated carbocycles. The number of allylic oxidation sites excluding steroid dienone is 1. The fourth-order valence-electron chi connectivity index (χ4n) is 1.84. The van der Waals surface area contributed by atoms with Gasteiger partial charge in [-0.15, -0.1) is 0 Å². The van der Waals surface area contributed by atoms with E-state index in [0.29, 0.717) is 19.4 Å². The summed E-state index contributed by atoms with van der Waals surface area (Å²) in [5.74, 6) is 0.0338. The van der Waals surface area contributed by atoms with Gasteiger partial charge in [0.15, 0.2) is 11.7 Å². The van der Waals surface area contributed by atoms with E-state index in [0.717, 1.165) is 5.56 Å². The maximum atomic E-state index is 11.7. The zero-order valence-corrected chi connectivity index (χ0v) is 11.5. The van der Waals surface area contributed by atoms with Crippen molar-refractivity contribution in [2.24, 2.45) is 5.73 Å². The summed E-state index contributed by atoms with van der Waals surface area (Å²) in [4.78, 5) is 11.7. The highest BCUT2D eigenvalue weighted by molar-refractivity contribution is 5.93. The summed E-state index contributed by atoms with van der Waals surface area (Å²) >= 11 is 0. The molecule has 0 aromatic heterocycles. The van der Waals surface area contributed by atoms with Crippen LogP contribution in [0.3, 0.4) is 0 Å². The Balaban J connectivity index is 2.48. The van der Waals surface area contributed by atoms with Crippen LogP contribution in [0, 0.1) is 19.3 Å². The molecule has 0 unspecified atom stereocenters. The number of hydrogen-bond donors (Lipinski definition) is 3. The summed E-state index contributed by atoms with van der Waals surface area (Å²) in [6.07, 6.45) is 4.64. The Labute approximate surface area is 114 Å². The second kappa shape index (κ2) is 7.36. The maximum absolute atomic E-state index is 11.7. The normalized spacial score (nSPS) is 10.6. The van der Waals surface area contributed by atoms with Gasteiger partial charge in [-0.3, -0.25) is 10.2 Å². The molecule has 0 saturated heterocycles. The highest BCUT2D eigenvalue weighted by Gasteiger charge is 2.00. The average molecular weight is 259 g/mol. The van der Waals surface area contributed by atoms with Crippen molar-refractivity contribution < 1.29 is 4.79 Å². The minimum Gasteiger partial charge on any atom is -0.370 e. The van der Waals surface area contributed by atoms with Crippen LogP contribution >= 0.6 is 0 Å². The Bertz CT molecular complexity index is 472. The molecule has 0 bridgehead atoms. The van der Waals surface area contributed by atoms with Crippen molar-refractivity contribution in [3.63, 3.8) is 0 Å². The predicted octanol–water partition coefficient (Wildman–Crippen LogP) is 2.15. The lowest BCUT2D eigenvalue weighted by Gasteiger charge is -2.04. The second-order valence-corrected chi connectivity index (χ2v) is 4.55. The Morgan fingerprint density at radius 2 is 2.00 bits per heavy atom. The molecule has 0 aliphatic carbocycles. The molecular formula is C15H21N3O. The number of hydrogen-bond acceptors (Lipinski definition) is 2. The molecule has 0 amide bonds. The molecule has 102 valence electrons. The molecule has 0 atom stereocenters. The topological polar surface area (TPSA) is 79.0 Å². The zero-order valence-electron chi connectivity index (χ0n) is 11.5. The van der Waals surface area contributed by atoms with Gasteiger partial charge in [0.05, 0.1) is 0 Å². The quantitative estimate of drug-likeness (QED) is 0.317. The third kappa shape index (κ3) is 5.38. The number of ketones is 1. The van der Waals surface area contributed by atoms with Gasteiger partial charge < -0.3 is 11.1 Å². The second-order valence-electron chi connectivity index (χ2n) is 4.55. The lowest BCUT2D eigenvalue weighted by atomic mass is 10.0. The van der Waals surface area contributed by atoms with E-state index in [1.54, 1.807) is 6.08 Å². The number of guanidine groups is 1. The van der Waals surface area contributed by atoms with E-state index in [4.69, 9.17) is 11.1 Å². The van der Waals surface area contributed by atoms with Crippen molar-refractivity contribution >= 4 is 17.8 Å². The van der Waals surface area contributed by atoms with Crippen molar-refractivity contribution in [2.45, 2.75) is 26.7 Å². The van der Waals surface area contributed by atoms with Gasteiger partial charge in [-0.25, -0.2) is 0 Å². The van der Waals surface area contributed by atoms with Crippen LogP contribution in [-0.4, -0.2) is 18.3 Å². The van der Waals surface area contributed by atoms with Gasteiger partial charge >= 0.3 is 0 Å². The summed E-state index contributed by atoms with van der Waals surface area (Å²) in [5.41, 5.74) is 8.60. The molecule has 1 rings (SSSR count). The lowest BCUT2D eigenvalue weighted by molar-refractivity contribution is -0.114. The number of carbonyl (C=O) groups excluding carboxylic acids is 1. The summed E-state index contributed by atoms with van der Waals surface area (Å²) < 4.78 is 0. The van der Waals surface area contributed by atoms with E-state index >= 15 is 0 Å². The minimum atomic E-state index is -0.0569. The van der Waals surface area contributed by atoms with Crippen LogP contribution in [-0.2, 0) is 4.79 Å². The number of carbonyl (C=O) groups is 1. The van der Waals surface area contributed by atoms with Crippen LogP contribution < -0.4 is 11.1 Å². The van der Waals surface area contributed by atoms with Crippen LogP contribution in [0.15, 0.2) is 24.3 Å². The van der Waals surface area contributed by atoms with Gasteiger partial charge in [0.25, 0.3) is 0 Å². The number of benzene rings is 1. The summed E-state index contributed by atoms with van der Waals surface area (Å²) in [7, 11) is 0. The lowest BCUT2D eigenvalue weighted by Crippen LogP contribution is -2.31. The van der Waals surface area contributed by atoms with Crippen molar-refractivity contribution in [2.75, 3.05) is 6.54 Å². The van der Waals surface area contributed by atoms with Gasteiger partial charge in [-0.05, 0) is 43.0 Å². The Morgan fingerprint density at radius 1 is 1.37 bits per heavy atom. The average Bonchev–Trinajstić information content (AvgIpc) is 2.34. The first kappa shape index (κ1) is 15.0. The third-order valence-electron chi connectivity index (χ3n) is 2.89. The fraction of sp³-hybridized carbons (Fsp3) is 0.333. The van der Waals surface area contributed by atoms with E-state index in [1.807, 2.05) is 38.1 Å². The first-order chi connectivity index (χ1) is 9.00. The van der Waals surface area contributed by atoms with Gasteiger partial charge in [-0.2, -0.15) is 0 Å². The molecule has 0 heterocycles. The van der Waals surface area contributed by atoms with E-state index in [2.05, 4.69) is 5.32 Å². The third-order valence-corrected chi connectivity index (χ3v) is 2.89. The smallest absolute Gasteiger partial charge is 0.185 e. The molecule has 19 heavy (non-hydrogen) atoms. The van der Waals surface area contributed by atoms with Gasteiger partial charge in [0.1, 0.15) is 0 Å². The number of aryl methyl sites for hydroxylation is 2. The van der Waals surface area contributed by atoms with Gasteiger partial charge in [0.2, 0.25) is 0 Å². The maximum Gasteiger partial charge on any atom is 0.185 e. The summed E-state index contributed by atoms with van der Waals surface area (Å²) in [5, 5.41) is 9.67. The van der Waals surface area contributed by atoms with E-state index in [9.17, 15) is 4.79 Å². The molecule has 0 fully saturated rings. The Hall–Kier alpha value is -2.10. The van der Waals surface area contributed by atoms with E-state index < -0.39 is 0 Å². The highest BCUT2D eigenvalue weighted by Crippen LogP contribution is 2.15. The van der Waals surface area contributed by atoms with Crippen LogP contribution in [0.25, 0.3) is 6.08 Å². The van der Waals surface area contributed by atoms with Crippen LogP contribution in [0.4, 0.5) is 0 Å². The van der Waals surface area contributed by atoms with Crippen LogP contribution in [0.2, 0.25) is 0 Å². The monoisotopic (exact) mass is 259 g/mol. The molecule has 0 aliphatic heterocycles. The summed E-state index contributed by atoms with van der Waals surface area (Å²) in [6.45, 7) is 4.63. The Morgan fingerprint density at radius 3 is 2.58 bits per heavy atom. The highest BCUT2D eigenvalue weighted by atomic mass is 16.1. The molecule has 0 radical (unpaired) electrons. The number of nitrogens with one attached hydrogen (secondary N) is 2. The van der Waals surface area contributed by atoms with Crippen LogP contribution in [0.5, 0.6) is 0 Å². The fourth-order valence-corrected chi connectivity index (χ4v) is 1.84. The van der Waals surface area contributed by atoms with Gasteiger partial charge in [0, 0.05) is 13.0 Å². The standard InChI is InChI=1S/C15H21N3O/c1-11-5-3-6-12(2)14(11)9-8-13(19)7-4-10-18-15(16)17/h3,5-6,8-9H,4,7,10H2,1-2H3,(H4,16,17,18). The first-order valence-electron chi connectivity index (χ1n) is 6.35. The molecule has 4 N–H and O–H groups in total. The van der Waals surface area contributed by atoms with Gasteiger partial charge in [-0.1, -0.05) is 24.3 Å². The number of rotatable bonds is 6. The summed E-state index contributed by atoms with van der Waals surface area (Å²) in [6, 6.07) is 6.08. The van der Waals surface area contributed by atoms with Crippen molar-refractivity contribution in [1.82, 2.24) is 5.32 Å². The van der Waals surface area contributed by atoms with E-state index in [1.165, 1.54) is 11.1 Å².